The van der Waals surface area contributed by atoms with Gasteiger partial charge in [-0.1, -0.05) is 11.6 Å². The normalized spacial score (nSPS) is 10.9. The summed E-state index contributed by atoms with van der Waals surface area (Å²) in [6.45, 7) is 4.98. The largest absolute Gasteiger partial charge is 0.444 e. The number of carbonyl (C=O) groups excluding carboxylic acids is 1. The van der Waals surface area contributed by atoms with E-state index >= 15 is 0 Å². The molecule has 1 aromatic rings. The molecular formula is C9H11ClN4O4. The van der Waals surface area contributed by atoms with Crippen LogP contribution in [-0.2, 0) is 4.74 Å². The Morgan fingerprint density at radius 1 is 1.50 bits per heavy atom. The number of halogens is 1. The molecule has 0 unspecified atom stereocenters. The van der Waals surface area contributed by atoms with Crippen molar-refractivity contribution in [2.24, 2.45) is 0 Å². The second-order valence-corrected chi connectivity index (χ2v) is 4.60. The number of carbonyl (C=O) groups is 1. The number of hydrogen-bond donors (Lipinski definition) is 1. The van der Waals surface area contributed by atoms with Crippen molar-refractivity contribution >= 4 is 29.2 Å². The fraction of sp³-hybridized carbons (Fsp3) is 0.444. The standard InChI is InChI=1S/C9H11ClN4O4/c1-9(2,3)18-8(15)13-7-5(14(16)17)6(10)11-4-12-7/h4H,1-3H3,(H,11,12,13,15). The maximum Gasteiger partial charge on any atom is 0.413 e. The van der Waals surface area contributed by atoms with E-state index in [1.54, 1.807) is 20.8 Å². The van der Waals surface area contributed by atoms with Gasteiger partial charge in [-0.15, -0.1) is 0 Å². The number of amides is 1. The number of nitrogens with one attached hydrogen (secondary N) is 1. The highest BCUT2D eigenvalue weighted by Gasteiger charge is 2.25. The molecule has 0 aromatic carbocycles. The molecule has 1 rings (SSSR count). The zero-order chi connectivity index (χ0) is 13.9. The number of ether oxygens (including phenoxy) is 1. The Labute approximate surface area is 107 Å². The van der Waals surface area contributed by atoms with Crippen molar-refractivity contribution in [3.63, 3.8) is 0 Å². The smallest absolute Gasteiger partial charge is 0.413 e. The molecule has 0 bridgehead atoms. The Morgan fingerprint density at radius 3 is 2.61 bits per heavy atom. The van der Waals surface area contributed by atoms with E-state index in [0.717, 1.165) is 6.33 Å². The van der Waals surface area contributed by atoms with Crippen LogP contribution in [0.4, 0.5) is 16.3 Å². The van der Waals surface area contributed by atoms with E-state index in [1.165, 1.54) is 0 Å². The molecule has 0 saturated carbocycles. The van der Waals surface area contributed by atoms with Crippen molar-refractivity contribution < 1.29 is 14.5 Å². The van der Waals surface area contributed by atoms with E-state index in [-0.39, 0.29) is 11.0 Å². The van der Waals surface area contributed by atoms with E-state index < -0.39 is 22.3 Å². The Bertz CT molecular complexity index is 486. The van der Waals surface area contributed by atoms with Gasteiger partial charge >= 0.3 is 11.8 Å². The third kappa shape index (κ3) is 3.81. The van der Waals surface area contributed by atoms with E-state index in [4.69, 9.17) is 16.3 Å². The average molecular weight is 275 g/mol. The van der Waals surface area contributed by atoms with Gasteiger partial charge in [0.15, 0.2) is 0 Å². The minimum Gasteiger partial charge on any atom is -0.444 e. The summed E-state index contributed by atoms with van der Waals surface area (Å²) in [5.74, 6) is -0.311. The lowest BCUT2D eigenvalue weighted by Crippen LogP contribution is -2.27. The summed E-state index contributed by atoms with van der Waals surface area (Å²) in [5, 5.41) is 12.5. The molecule has 0 spiro atoms. The number of rotatable bonds is 2. The van der Waals surface area contributed by atoms with E-state index in [0.29, 0.717) is 0 Å². The van der Waals surface area contributed by atoms with Crippen LogP contribution in [0.1, 0.15) is 20.8 Å². The number of hydrogen-bond acceptors (Lipinski definition) is 6. The molecule has 0 aliphatic heterocycles. The summed E-state index contributed by atoms with van der Waals surface area (Å²) in [4.78, 5) is 28.5. The van der Waals surface area contributed by atoms with Crippen molar-refractivity contribution in [1.82, 2.24) is 9.97 Å². The summed E-state index contributed by atoms with van der Waals surface area (Å²) in [6.07, 6.45) is 0.141. The summed E-state index contributed by atoms with van der Waals surface area (Å²) < 4.78 is 4.94. The van der Waals surface area contributed by atoms with E-state index in [9.17, 15) is 14.9 Å². The Hall–Kier alpha value is -1.96. The van der Waals surface area contributed by atoms with Gasteiger partial charge in [0, 0.05) is 0 Å². The predicted octanol–water partition coefficient (Wildman–Crippen LogP) is 2.39. The van der Waals surface area contributed by atoms with Crippen LogP contribution in [0.2, 0.25) is 5.15 Å². The zero-order valence-corrected chi connectivity index (χ0v) is 10.7. The maximum atomic E-state index is 11.5. The molecule has 1 aromatic heterocycles. The van der Waals surface area contributed by atoms with Gasteiger partial charge in [0.1, 0.15) is 11.9 Å². The van der Waals surface area contributed by atoms with Gasteiger partial charge < -0.3 is 4.74 Å². The van der Waals surface area contributed by atoms with Crippen LogP contribution in [0.25, 0.3) is 0 Å². The maximum absolute atomic E-state index is 11.5. The molecule has 1 amide bonds. The summed E-state index contributed by atoms with van der Waals surface area (Å²) >= 11 is 5.56. The molecule has 8 nitrogen and oxygen atoms in total. The summed E-state index contributed by atoms with van der Waals surface area (Å²) in [5.41, 5.74) is -1.31. The molecule has 98 valence electrons. The third-order valence-corrected chi connectivity index (χ3v) is 1.86. The second-order valence-electron chi connectivity index (χ2n) is 4.25. The van der Waals surface area contributed by atoms with Gasteiger partial charge in [0.25, 0.3) is 0 Å². The highest BCUT2D eigenvalue weighted by molar-refractivity contribution is 6.32. The molecule has 0 saturated heterocycles. The first-order valence-electron chi connectivity index (χ1n) is 4.85. The molecule has 1 N–H and O–H groups in total. The van der Waals surface area contributed by atoms with Crippen LogP contribution >= 0.6 is 11.6 Å². The number of nitrogens with zero attached hydrogens (tertiary/aromatic N) is 3. The first-order valence-corrected chi connectivity index (χ1v) is 5.23. The SMILES string of the molecule is CC(C)(C)OC(=O)Nc1ncnc(Cl)c1[N+](=O)[O-]. The first kappa shape index (κ1) is 14.1. The molecule has 0 aliphatic rings. The minimum atomic E-state index is -0.861. The molecule has 18 heavy (non-hydrogen) atoms. The third-order valence-electron chi connectivity index (χ3n) is 1.58. The lowest BCUT2D eigenvalue weighted by molar-refractivity contribution is -0.384. The van der Waals surface area contributed by atoms with Gasteiger partial charge in [-0.3, -0.25) is 15.4 Å². The molecule has 0 aliphatic carbocycles. The molecule has 0 atom stereocenters. The van der Waals surface area contributed by atoms with Crippen molar-refractivity contribution in [2.45, 2.75) is 26.4 Å². The minimum absolute atomic E-state index is 0.311. The second kappa shape index (κ2) is 5.13. The van der Waals surface area contributed by atoms with E-state index in [2.05, 4.69) is 15.3 Å². The number of aromatic nitrogens is 2. The van der Waals surface area contributed by atoms with Crippen LogP contribution in [0.5, 0.6) is 0 Å². The monoisotopic (exact) mass is 274 g/mol. The van der Waals surface area contributed by atoms with Gasteiger partial charge in [0.2, 0.25) is 11.0 Å². The summed E-state index contributed by atoms with van der Waals surface area (Å²) in [6, 6.07) is 0. The highest BCUT2D eigenvalue weighted by atomic mass is 35.5. The van der Waals surface area contributed by atoms with Crippen LogP contribution < -0.4 is 5.32 Å². The van der Waals surface area contributed by atoms with Crippen LogP contribution in [0, 0.1) is 10.1 Å². The predicted molar refractivity (Wildman–Crippen MR) is 63.6 cm³/mol. The lowest BCUT2D eigenvalue weighted by Gasteiger charge is -2.19. The van der Waals surface area contributed by atoms with Crippen molar-refractivity contribution in [3.8, 4) is 0 Å². The van der Waals surface area contributed by atoms with Crippen molar-refractivity contribution in [1.29, 1.82) is 0 Å². The fourth-order valence-corrected chi connectivity index (χ4v) is 1.21. The number of anilines is 1. The van der Waals surface area contributed by atoms with Gasteiger partial charge in [-0.25, -0.2) is 14.8 Å². The fourth-order valence-electron chi connectivity index (χ4n) is 1.01. The Morgan fingerprint density at radius 2 is 2.11 bits per heavy atom. The Kier molecular flexibility index (Phi) is 4.02. The van der Waals surface area contributed by atoms with Gasteiger partial charge in [-0.05, 0) is 20.8 Å². The Balaban J connectivity index is 2.95. The lowest BCUT2D eigenvalue weighted by atomic mass is 10.2. The van der Waals surface area contributed by atoms with Crippen molar-refractivity contribution in [2.75, 3.05) is 5.32 Å². The topological polar surface area (TPSA) is 107 Å². The van der Waals surface area contributed by atoms with Gasteiger partial charge in [0.05, 0.1) is 4.92 Å². The first-order chi connectivity index (χ1) is 8.20. The molecule has 9 heteroatoms. The van der Waals surface area contributed by atoms with Gasteiger partial charge in [-0.2, -0.15) is 0 Å². The molecular weight excluding hydrogens is 264 g/mol. The van der Waals surface area contributed by atoms with Crippen LogP contribution in [0.15, 0.2) is 6.33 Å². The molecule has 0 fully saturated rings. The molecule has 1 heterocycles. The van der Waals surface area contributed by atoms with E-state index in [1.807, 2.05) is 0 Å². The van der Waals surface area contributed by atoms with Crippen LogP contribution in [0.3, 0.4) is 0 Å². The average Bonchev–Trinajstić information content (AvgIpc) is 2.13. The quantitative estimate of drug-likeness (QED) is 0.504. The highest BCUT2D eigenvalue weighted by Crippen LogP contribution is 2.28. The van der Waals surface area contributed by atoms with Crippen molar-refractivity contribution in [3.05, 3.63) is 21.6 Å². The molecule has 0 radical (unpaired) electrons. The summed E-state index contributed by atoms with van der Waals surface area (Å²) in [7, 11) is 0. The number of nitro groups is 1. The van der Waals surface area contributed by atoms with Crippen LogP contribution in [-0.4, -0.2) is 26.6 Å². The zero-order valence-electron chi connectivity index (χ0n) is 9.93.